The van der Waals surface area contributed by atoms with E-state index in [1.165, 1.54) is 161 Å². The molecule has 0 spiro atoms. The molecule has 4 heteroatoms. The maximum absolute atomic E-state index is 12.3. The predicted molar refractivity (Wildman–Crippen MR) is 193 cm³/mol. The van der Waals surface area contributed by atoms with Crippen molar-refractivity contribution in [2.45, 2.75) is 219 Å². The Morgan fingerprint density at radius 1 is 0.523 bits per heavy atom. The van der Waals surface area contributed by atoms with E-state index in [1.54, 1.807) is 6.08 Å². The molecule has 3 N–H and O–H groups in total. The summed E-state index contributed by atoms with van der Waals surface area (Å²) in [7, 11) is 0. The second-order valence-electron chi connectivity index (χ2n) is 13.3. The lowest BCUT2D eigenvalue weighted by Crippen LogP contribution is -2.45. The molecule has 0 aromatic rings. The largest absolute Gasteiger partial charge is 0.394 e. The van der Waals surface area contributed by atoms with Gasteiger partial charge in [-0.25, -0.2) is 0 Å². The van der Waals surface area contributed by atoms with E-state index in [1.807, 2.05) is 6.08 Å². The van der Waals surface area contributed by atoms with Gasteiger partial charge in [0.1, 0.15) is 0 Å². The molecule has 44 heavy (non-hydrogen) atoms. The van der Waals surface area contributed by atoms with Crippen LogP contribution in [-0.4, -0.2) is 34.9 Å². The molecule has 0 aromatic carbocycles. The highest BCUT2D eigenvalue weighted by Crippen LogP contribution is 2.14. The minimum absolute atomic E-state index is 0.0689. The Hall–Kier alpha value is -1.13. The van der Waals surface area contributed by atoms with Crippen molar-refractivity contribution < 1.29 is 15.0 Å². The highest BCUT2D eigenvalue weighted by molar-refractivity contribution is 5.76. The van der Waals surface area contributed by atoms with Crippen molar-refractivity contribution in [1.29, 1.82) is 0 Å². The van der Waals surface area contributed by atoms with Gasteiger partial charge in [-0.05, 0) is 44.9 Å². The fraction of sp³-hybridized carbons (Fsp3) is 0.875. The Morgan fingerprint density at radius 3 is 1.25 bits per heavy atom. The molecule has 0 rings (SSSR count). The lowest BCUT2D eigenvalue weighted by Gasteiger charge is -2.20. The summed E-state index contributed by atoms with van der Waals surface area (Å²) < 4.78 is 0. The first kappa shape index (κ1) is 42.9. The Kier molecular flexibility index (Phi) is 35.4. The molecule has 1 amide bonds. The molecule has 0 fully saturated rings. The van der Waals surface area contributed by atoms with Crippen LogP contribution in [0.2, 0.25) is 0 Å². The molecule has 0 saturated carbocycles. The van der Waals surface area contributed by atoms with Crippen LogP contribution in [0.3, 0.4) is 0 Å². The Balaban J connectivity index is 3.59. The molecule has 0 heterocycles. The van der Waals surface area contributed by atoms with Gasteiger partial charge in [0.05, 0.1) is 18.8 Å². The first-order valence-electron chi connectivity index (χ1n) is 19.6. The fourth-order valence-corrected chi connectivity index (χ4v) is 5.88. The van der Waals surface area contributed by atoms with Crippen molar-refractivity contribution in [1.82, 2.24) is 5.32 Å². The zero-order chi connectivity index (χ0) is 32.2. The summed E-state index contributed by atoms with van der Waals surface area (Å²) in [6.45, 7) is 4.30. The van der Waals surface area contributed by atoms with E-state index in [0.717, 1.165) is 25.7 Å². The van der Waals surface area contributed by atoms with Gasteiger partial charge in [-0.3, -0.25) is 4.79 Å². The Bertz CT molecular complexity index is 632. The summed E-state index contributed by atoms with van der Waals surface area (Å²) in [4.78, 5) is 12.3. The molecule has 0 radical (unpaired) electrons. The molecule has 0 aliphatic carbocycles. The van der Waals surface area contributed by atoms with Crippen LogP contribution in [0.1, 0.15) is 206 Å². The molecule has 0 aliphatic heterocycles. The number of aliphatic hydroxyl groups excluding tert-OH is 2. The number of hydrogen-bond donors (Lipinski definition) is 3. The SMILES string of the molecule is CCCCCCCCCCC=CCCCCCCCCCC(=O)NC(CO)C(O)C=CCCCCCCCCCCCCC. The number of hydrogen-bond acceptors (Lipinski definition) is 3. The van der Waals surface area contributed by atoms with Crippen LogP contribution in [0.15, 0.2) is 24.3 Å². The summed E-state index contributed by atoms with van der Waals surface area (Å²) in [6, 6.07) is -0.620. The van der Waals surface area contributed by atoms with E-state index in [-0.39, 0.29) is 12.5 Å². The molecular weight excluding hydrogens is 542 g/mol. The summed E-state index contributed by atoms with van der Waals surface area (Å²) in [5.41, 5.74) is 0. The van der Waals surface area contributed by atoms with Crippen molar-refractivity contribution >= 4 is 5.91 Å². The van der Waals surface area contributed by atoms with E-state index in [0.29, 0.717) is 6.42 Å². The number of carbonyl (C=O) groups excluding carboxylic acids is 1. The molecule has 2 atom stereocenters. The van der Waals surface area contributed by atoms with Crippen molar-refractivity contribution in [3.05, 3.63) is 24.3 Å². The lowest BCUT2D eigenvalue weighted by atomic mass is 10.0. The average molecular weight is 620 g/mol. The maximum atomic E-state index is 12.3. The minimum atomic E-state index is -0.836. The smallest absolute Gasteiger partial charge is 0.220 e. The van der Waals surface area contributed by atoms with E-state index >= 15 is 0 Å². The van der Waals surface area contributed by atoms with Crippen LogP contribution < -0.4 is 5.32 Å². The summed E-state index contributed by atoms with van der Waals surface area (Å²) in [5.74, 6) is -0.0689. The van der Waals surface area contributed by atoms with E-state index in [2.05, 4.69) is 31.3 Å². The zero-order valence-corrected chi connectivity index (χ0v) is 29.7. The molecular formula is C40H77NO3. The van der Waals surface area contributed by atoms with Gasteiger partial charge >= 0.3 is 0 Å². The Morgan fingerprint density at radius 2 is 0.864 bits per heavy atom. The van der Waals surface area contributed by atoms with Crippen LogP contribution in [0.4, 0.5) is 0 Å². The van der Waals surface area contributed by atoms with Gasteiger partial charge in [-0.1, -0.05) is 179 Å². The molecule has 0 bridgehead atoms. The number of nitrogens with one attached hydrogen (secondary N) is 1. The third kappa shape index (κ3) is 32.3. The summed E-state index contributed by atoms with van der Waals surface area (Å²) in [6.07, 6.45) is 45.5. The highest BCUT2D eigenvalue weighted by Gasteiger charge is 2.17. The molecule has 260 valence electrons. The number of aliphatic hydroxyl groups is 2. The van der Waals surface area contributed by atoms with E-state index in [9.17, 15) is 15.0 Å². The topological polar surface area (TPSA) is 69.6 Å². The number of unbranched alkanes of at least 4 members (excludes halogenated alkanes) is 26. The van der Waals surface area contributed by atoms with E-state index < -0.39 is 12.1 Å². The van der Waals surface area contributed by atoms with Crippen molar-refractivity contribution in [2.75, 3.05) is 6.61 Å². The normalized spacial score (nSPS) is 13.3. The van der Waals surface area contributed by atoms with Crippen LogP contribution >= 0.6 is 0 Å². The van der Waals surface area contributed by atoms with Crippen LogP contribution in [0.25, 0.3) is 0 Å². The fourth-order valence-electron chi connectivity index (χ4n) is 5.88. The van der Waals surface area contributed by atoms with Gasteiger partial charge in [0.2, 0.25) is 5.91 Å². The summed E-state index contributed by atoms with van der Waals surface area (Å²) >= 11 is 0. The maximum Gasteiger partial charge on any atom is 0.220 e. The lowest BCUT2D eigenvalue weighted by molar-refractivity contribution is -0.123. The quantitative estimate of drug-likeness (QED) is 0.0488. The van der Waals surface area contributed by atoms with Crippen LogP contribution in [-0.2, 0) is 4.79 Å². The number of carbonyl (C=O) groups is 1. The molecule has 0 saturated heterocycles. The van der Waals surface area contributed by atoms with Gasteiger partial charge in [0, 0.05) is 6.42 Å². The monoisotopic (exact) mass is 620 g/mol. The van der Waals surface area contributed by atoms with Crippen LogP contribution in [0.5, 0.6) is 0 Å². The third-order valence-corrected chi connectivity index (χ3v) is 8.93. The van der Waals surface area contributed by atoms with Crippen molar-refractivity contribution in [3.8, 4) is 0 Å². The second kappa shape index (κ2) is 36.3. The first-order valence-corrected chi connectivity index (χ1v) is 19.6. The van der Waals surface area contributed by atoms with Gasteiger partial charge in [-0.15, -0.1) is 0 Å². The van der Waals surface area contributed by atoms with Gasteiger partial charge in [0.15, 0.2) is 0 Å². The van der Waals surface area contributed by atoms with Crippen molar-refractivity contribution in [2.24, 2.45) is 0 Å². The molecule has 0 aromatic heterocycles. The molecule has 2 unspecified atom stereocenters. The third-order valence-electron chi connectivity index (χ3n) is 8.93. The second-order valence-corrected chi connectivity index (χ2v) is 13.3. The average Bonchev–Trinajstić information content (AvgIpc) is 3.03. The standard InChI is InChI=1S/C40H77NO3/c1-3-5-7-9-11-13-15-17-18-19-20-21-22-24-26-28-30-32-34-36-40(44)41-38(37-42)39(43)35-33-31-29-27-25-23-16-14-12-10-8-6-4-2/h19-20,33,35,38-39,42-43H,3-18,21-32,34,36-37H2,1-2H3,(H,41,44). The van der Waals surface area contributed by atoms with E-state index in [4.69, 9.17) is 0 Å². The highest BCUT2D eigenvalue weighted by atomic mass is 16.3. The zero-order valence-electron chi connectivity index (χ0n) is 29.7. The first-order chi connectivity index (χ1) is 21.7. The Labute approximate surface area is 275 Å². The molecule has 0 aliphatic rings. The number of amides is 1. The van der Waals surface area contributed by atoms with Gasteiger partial charge in [0.25, 0.3) is 0 Å². The van der Waals surface area contributed by atoms with Gasteiger partial charge in [-0.2, -0.15) is 0 Å². The van der Waals surface area contributed by atoms with Crippen molar-refractivity contribution in [3.63, 3.8) is 0 Å². The molecule has 4 nitrogen and oxygen atoms in total. The minimum Gasteiger partial charge on any atom is -0.394 e. The van der Waals surface area contributed by atoms with Crippen LogP contribution in [0, 0.1) is 0 Å². The summed E-state index contributed by atoms with van der Waals surface area (Å²) in [5, 5.41) is 22.9. The predicted octanol–water partition coefficient (Wildman–Crippen LogP) is 11.7. The number of allylic oxidation sites excluding steroid dienone is 3. The van der Waals surface area contributed by atoms with Gasteiger partial charge < -0.3 is 15.5 Å². The number of rotatable bonds is 35.